The molecule has 0 N–H and O–H groups in total. The summed E-state index contributed by atoms with van der Waals surface area (Å²) >= 11 is 0. The second kappa shape index (κ2) is 11.4. The van der Waals surface area contributed by atoms with Gasteiger partial charge in [0.15, 0.2) is 0 Å². The van der Waals surface area contributed by atoms with E-state index >= 15 is 0 Å². The van der Waals surface area contributed by atoms with Gasteiger partial charge in [0, 0.05) is 38.6 Å². The largest absolute Gasteiger partial charge is 0.180 e. The summed E-state index contributed by atoms with van der Waals surface area (Å²) in [4.78, 5) is 0. The van der Waals surface area contributed by atoms with E-state index in [1.807, 2.05) is 6.07 Å². The molecule has 0 nitrogen and oxygen atoms in total. The van der Waals surface area contributed by atoms with E-state index in [4.69, 9.17) is 0 Å². The molecule has 0 spiro atoms. The molecule has 1 aliphatic rings. The van der Waals surface area contributed by atoms with Gasteiger partial charge in [0.05, 0.1) is 0 Å². The number of benzene rings is 4. The Hall–Kier alpha value is -2.02. The molecule has 0 heterocycles. The summed E-state index contributed by atoms with van der Waals surface area (Å²) in [6.45, 7) is 17.5. The zero-order valence-electron chi connectivity index (χ0n) is 22.5. The summed E-state index contributed by atoms with van der Waals surface area (Å²) in [5, 5.41) is 0. The molecule has 0 aromatic heterocycles. The van der Waals surface area contributed by atoms with Gasteiger partial charge >= 0.3 is 0 Å². The molecule has 2 unspecified atom stereocenters. The quantitative estimate of drug-likeness (QED) is 0.226. The molecule has 4 aromatic carbocycles. The summed E-state index contributed by atoms with van der Waals surface area (Å²) in [6, 6.07) is 28.9. The molecule has 2 atom stereocenters. The van der Waals surface area contributed by atoms with Crippen molar-refractivity contribution < 1.29 is 32.7 Å². The summed E-state index contributed by atoms with van der Waals surface area (Å²) in [7, 11) is 0. The van der Waals surface area contributed by atoms with Crippen LogP contribution in [0.4, 0.5) is 0 Å². The standard InChI is InChI=1S/2C17H18.Y/c1-10-5-6-14-15(7-10)13(4)16-8-11(2)12(3)9-17(14)16;1-12-5-8-16(9-6-12)15(4)17-10-7-13(2)14(3)11-17;/h5-9,13H,1-4H3;5-8,11,15H,1-4H3;/q;-2;. The number of hydrogen-bond donors (Lipinski definition) is 0. The Morgan fingerprint density at radius 1 is 0.600 bits per heavy atom. The molecule has 0 saturated carbocycles. The smallest absolute Gasteiger partial charge is 0.00735 e. The molecule has 0 aliphatic heterocycles. The maximum absolute atomic E-state index is 3.37. The average molecular weight is 534 g/mol. The maximum atomic E-state index is 3.37. The van der Waals surface area contributed by atoms with Crippen LogP contribution in [0.3, 0.4) is 0 Å². The van der Waals surface area contributed by atoms with Crippen molar-refractivity contribution in [1.82, 2.24) is 0 Å². The van der Waals surface area contributed by atoms with Gasteiger partial charge in [-0.3, -0.25) is 0 Å². The molecule has 1 radical (unpaired) electrons. The van der Waals surface area contributed by atoms with Crippen LogP contribution in [-0.2, 0) is 32.7 Å². The van der Waals surface area contributed by atoms with E-state index in [9.17, 15) is 0 Å². The molecule has 35 heavy (non-hydrogen) atoms. The van der Waals surface area contributed by atoms with E-state index in [0.717, 1.165) is 0 Å². The van der Waals surface area contributed by atoms with Crippen molar-refractivity contribution in [3.05, 3.63) is 128 Å². The third-order valence-corrected chi connectivity index (χ3v) is 7.47. The van der Waals surface area contributed by atoms with Gasteiger partial charge in [-0.05, 0) is 60.1 Å². The second-order valence-electron chi connectivity index (χ2n) is 10.1. The molecule has 0 fully saturated rings. The number of hydrogen-bond acceptors (Lipinski definition) is 0. The minimum Gasteiger partial charge on any atom is -0.180 e. The molecule has 177 valence electrons. The third kappa shape index (κ3) is 5.87. The van der Waals surface area contributed by atoms with Crippen LogP contribution in [0.2, 0.25) is 0 Å². The fourth-order valence-corrected chi connectivity index (χ4v) is 4.78. The van der Waals surface area contributed by atoms with Crippen molar-refractivity contribution in [2.75, 3.05) is 0 Å². The number of fused-ring (bicyclic) bond motifs is 3. The van der Waals surface area contributed by atoms with Crippen molar-refractivity contribution in [3.8, 4) is 11.1 Å². The molecule has 0 bridgehead atoms. The molecule has 0 amide bonds. The fourth-order valence-electron chi connectivity index (χ4n) is 4.78. The van der Waals surface area contributed by atoms with Crippen LogP contribution >= 0.6 is 0 Å². The summed E-state index contributed by atoms with van der Waals surface area (Å²) in [6.07, 6.45) is 0. The first-order valence-corrected chi connectivity index (χ1v) is 12.3. The fraction of sp³-hybridized carbons (Fsp3) is 0.294. The van der Waals surface area contributed by atoms with Crippen molar-refractivity contribution in [3.63, 3.8) is 0 Å². The van der Waals surface area contributed by atoms with Gasteiger partial charge in [0.25, 0.3) is 0 Å². The SMILES string of the molecule is Cc1c[c-]c(C(C)c2[c-]cc(C)c(C)c2)cc1.Cc1ccc2c(c1)C(C)c1cc(C)c(C)cc1-2.[Y]. The summed E-state index contributed by atoms with van der Waals surface area (Å²) in [5.74, 6) is 0.897. The first-order valence-electron chi connectivity index (χ1n) is 12.3. The summed E-state index contributed by atoms with van der Waals surface area (Å²) in [5.41, 5.74) is 16.4. The zero-order valence-corrected chi connectivity index (χ0v) is 25.3. The second-order valence-corrected chi connectivity index (χ2v) is 10.1. The van der Waals surface area contributed by atoms with E-state index in [-0.39, 0.29) is 32.7 Å². The molecule has 5 rings (SSSR count). The van der Waals surface area contributed by atoms with Gasteiger partial charge in [0.1, 0.15) is 0 Å². The van der Waals surface area contributed by atoms with Crippen LogP contribution in [0.25, 0.3) is 11.1 Å². The zero-order chi connectivity index (χ0) is 24.6. The van der Waals surface area contributed by atoms with Crippen LogP contribution < -0.4 is 0 Å². The average Bonchev–Trinajstić information content (AvgIpc) is 3.07. The molecular formula is C34H36Y-2. The van der Waals surface area contributed by atoms with Crippen molar-refractivity contribution in [1.29, 1.82) is 0 Å². The summed E-state index contributed by atoms with van der Waals surface area (Å²) < 4.78 is 0. The number of aryl methyl sites for hydroxylation is 6. The van der Waals surface area contributed by atoms with E-state index < -0.39 is 0 Å². The molecule has 4 aromatic rings. The van der Waals surface area contributed by atoms with E-state index in [2.05, 4.69) is 122 Å². The monoisotopic (exact) mass is 533 g/mol. The molecule has 1 aliphatic carbocycles. The first-order chi connectivity index (χ1) is 16.2. The van der Waals surface area contributed by atoms with Crippen molar-refractivity contribution in [2.24, 2.45) is 0 Å². The van der Waals surface area contributed by atoms with Gasteiger partial charge in [-0.15, -0.1) is 0 Å². The van der Waals surface area contributed by atoms with Crippen LogP contribution in [0, 0.1) is 53.7 Å². The maximum Gasteiger partial charge on any atom is 0.00735 e. The van der Waals surface area contributed by atoms with Crippen molar-refractivity contribution >= 4 is 0 Å². The Balaban J connectivity index is 0.000000190. The number of rotatable bonds is 2. The Morgan fingerprint density at radius 3 is 1.86 bits per heavy atom. The van der Waals surface area contributed by atoms with E-state index in [1.165, 1.54) is 66.8 Å². The first kappa shape index (κ1) is 27.6. The van der Waals surface area contributed by atoms with Gasteiger partial charge < -0.3 is 0 Å². The Labute approximate surface area is 238 Å². The topological polar surface area (TPSA) is 0 Å². The van der Waals surface area contributed by atoms with Crippen molar-refractivity contribution in [2.45, 2.75) is 67.2 Å². The predicted octanol–water partition coefficient (Wildman–Crippen LogP) is 9.11. The minimum absolute atomic E-state index is 0. The molecule has 0 saturated heterocycles. The van der Waals surface area contributed by atoms with Gasteiger partial charge in [-0.2, -0.15) is 70.3 Å². The minimum atomic E-state index is 0. The molecular weight excluding hydrogens is 497 g/mol. The van der Waals surface area contributed by atoms with Gasteiger partial charge in [0.2, 0.25) is 0 Å². The van der Waals surface area contributed by atoms with Crippen LogP contribution in [0.15, 0.2) is 60.7 Å². The Kier molecular flexibility index (Phi) is 8.95. The van der Waals surface area contributed by atoms with Crippen LogP contribution in [0.1, 0.15) is 81.3 Å². The molecule has 1 heteroatoms. The Morgan fingerprint density at radius 2 is 1.20 bits per heavy atom. The predicted molar refractivity (Wildman–Crippen MR) is 146 cm³/mol. The normalized spacial score (nSPS) is 14.2. The van der Waals surface area contributed by atoms with Crippen LogP contribution in [0.5, 0.6) is 0 Å². The van der Waals surface area contributed by atoms with Gasteiger partial charge in [-0.1, -0.05) is 70.5 Å². The third-order valence-electron chi connectivity index (χ3n) is 7.47. The van der Waals surface area contributed by atoms with E-state index in [0.29, 0.717) is 11.8 Å². The van der Waals surface area contributed by atoms with Gasteiger partial charge in [-0.25, -0.2) is 0 Å². The van der Waals surface area contributed by atoms with E-state index in [1.54, 1.807) is 0 Å². The van der Waals surface area contributed by atoms with Crippen LogP contribution in [-0.4, -0.2) is 0 Å². The Bertz CT molecular complexity index is 1330.